The summed E-state index contributed by atoms with van der Waals surface area (Å²) >= 11 is 0. The molecule has 1 heterocycles. The molecule has 0 bridgehead atoms. The molecular formula is C17H28N2O. The molecule has 1 aromatic rings. The van der Waals surface area contributed by atoms with Crippen LogP contribution in [-0.2, 0) is 0 Å². The summed E-state index contributed by atoms with van der Waals surface area (Å²) in [6.07, 6.45) is 4.77. The van der Waals surface area contributed by atoms with Crippen molar-refractivity contribution in [3.8, 4) is 0 Å². The Hall–Kier alpha value is -0.900. The number of hydrogen-bond donors (Lipinski definition) is 2. The van der Waals surface area contributed by atoms with Crippen LogP contribution in [0.4, 0.5) is 0 Å². The summed E-state index contributed by atoms with van der Waals surface area (Å²) < 4.78 is 0. The molecule has 0 radical (unpaired) electrons. The number of aryl methyl sites for hydroxylation is 1. The Balaban J connectivity index is 1.95. The lowest BCUT2D eigenvalue weighted by Crippen LogP contribution is -2.43. The van der Waals surface area contributed by atoms with Gasteiger partial charge in [-0.15, -0.1) is 0 Å². The van der Waals surface area contributed by atoms with Crippen LogP contribution in [0.25, 0.3) is 0 Å². The molecule has 0 aromatic heterocycles. The second-order valence-electron chi connectivity index (χ2n) is 5.85. The van der Waals surface area contributed by atoms with E-state index in [1.54, 1.807) is 0 Å². The Kier molecular flexibility index (Phi) is 6.02. The summed E-state index contributed by atoms with van der Waals surface area (Å²) in [7, 11) is 2.04. The van der Waals surface area contributed by atoms with E-state index in [0.29, 0.717) is 18.7 Å². The SMILES string of the molecule is CNC(CCN1CCCCC1CO)c1ccccc1C. The molecular weight excluding hydrogens is 248 g/mol. The zero-order valence-corrected chi connectivity index (χ0v) is 12.8. The molecule has 2 unspecified atom stereocenters. The fourth-order valence-corrected chi connectivity index (χ4v) is 3.29. The van der Waals surface area contributed by atoms with E-state index in [1.165, 1.54) is 24.0 Å². The first-order valence-electron chi connectivity index (χ1n) is 7.84. The van der Waals surface area contributed by atoms with Gasteiger partial charge in [0.05, 0.1) is 6.61 Å². The Morgan fingerprint density at radius 2 is 2.15 bits per heavy atom. The number of likely N-dealkylation sites (tertiary alicyclic amines) is 1. The van der Waals surface area contributed by atoms with Gasteiger partial charge in [0.25, 0.3) is 0 Å². The molecule has 1 aliphatic rings. The Morgan fingerprint density at radius 1 is 1.35 bits per heavy atom. The van der Waals surface area contributed by atoms with Crippen LogP contribution in [0, 0.1) is 6.92 Å². The van der Waals surface area contributed by atoms with Gasteiger partial charge in [-0.3, -0.25) is 4.90 Å². The largest absolute Gasteiger partial charge is 0.395 e. The minimum Gasteiger partial charge on any atom is -0.395 e. The molecule has 0 amide bonds. The summed E-state index contributed by atoms with van der Waals surface area (Å²) in [6.45, 7) is 4.67. The van der Waals surface area contributed by atoms with E-state index in [-0.39, 0.29) is 0 Å². The number of nitrogens with one attached hydrogen (secondary N) is 1. The molecule has 1 saturated heterocycles. The van der Waals surface area contributed by atoms with Gasteiger partial charge in [0.1, 0.15) is 0 Å². The fourth-order valence-electron chi connectivity index (χ4n) is 3.29. The van der Waals surface area contributed by atoms with Crippen LogP contribution in [0.2, 0.25) is 0 Å². The van der Waals surface area contributed by atoms with E-state index in [1.807, 2.05) is 7.05 Å². The monoisotopic (exact) mass is 276 g/mol. The molecule has 1 fully saturated rings. The maximum atomic E-state index is 9.49. The van der Waals surface area contributed by atoms with Gasteiger partial charge in [-0.2, -0.15) is 0 Å². The number of piperidine rings is 1. The summed E-state index contributed by atoms with van der Waals surface area (Å²) in [6, 6.07) is 9.38. The third-order valence-corrected chi connectivity index (χ3v) is 4.58. The van der Waals surface area contributed by atoms with Gasteiger partial charge in [0.2, 0.25) is 0 Å². The molecule has 1 aromatic carbocycles. The topological polar surface area (TPSA) is 35.5 Å². The smallest absolute Gasteiger partial charge is 0.0586 e. The van der Waals surface area contributed by atoms with Gasteiger partial charge >= 0.3 is 0 Å². The quantitative estimate of drug-likeness (QED) is 0.838. The van der Waals surface area contributed by atoms with Crippen molar-refractivity contribution in [3.63, 3.8) is 0 Å². The molecule has 112 valence electrons. The molecule has 1 aliphatic heterocycles. The number of aliphatic hydroxyl groups excluding tert-OH is 1. The highest BCUT2D eigenvalue weighted by Crippen LogP contribution is 2.23. The fraction of sp³-hybridized carbons (Fsp3) is 0.647. The predicted octanol–water partition coefficient (Wildman–Crippen LogP) is 2.49. The van der Waals surface area contributed by atoms with Gasteiger partial charge in [0.15, 0.2) is 0 Å². The highest BCUT2D eigenvalue weighted by atomic mass is 16.3. The van der Waals surface area contributed by atoms with Crippen molar-refractivity contribution in [2.45, 2.75) is 44.7 Å². The van der Waals surface area contributed by atoms with Crippen molar-refractivity contribution in [3.05, 3.63) is 35.4 Å². The lowest BCUT2D eigenvalue weighted by Gasteiger charge is -2.35. The molecule has 0 saturated carbocycles. The van der Waals surface area contributed by atoms with Gasteiger partial charge in [-0.25, -0.2) is 0 Å². The van der Waals surface area contributed by atoms with Crippen molar-refractivity contribution in [1.82, 2.24) is 10.2 Å². The van der Waals surface area contributed by atoms with Crippen molar-refractivity contribution in [2.75, 3.05) is 26.7 Å². The van der Waals surface area contributed by atoms with Crippen LogP contribution in [0.1, 0.15) is 42.9 Å². The van der Waals surface area contributed by atoms with Crippen molar-refractivity contribution < 1.29 is 5.11 Å². The molecule has 3 nitrogen and oxygen atoms in total. The zero-order chi connectivity index (χ0) is 14.4. The molecule has 2 atom stereocenters. The zero-order valence-electron chi connectivity index (χ0n) is 12.8. The van der Waals surface area contributed by atoms with Gasteiger partial charge in [-0.05, 0) is 50.9 Å². The average Bonchev–Trinajstić information content (AvgIpc) is 2.50. The average molecular weight is 276 g/mol. The van der Waals surface area contributed by atoms with Crippen LogP contribution >= 0.6 is 0 Å². The van der Waals surface area contributed by atoms with Crippen LogP contribution in [-0.4, -0.2) is 42.8 Å². The van der Waals surface area contributed by atoms with E-state index >= 15 is 0 Å². The maximum Gasteiger partial charge on any atom is 0.0586 e. The number of hydrogen-bond acceptors (Lipinski definition) is 3. The number of nitrogens with zero attached hydrogens (tertiary/aromatic N) is 1. The number of aliphatic hydroxyl groups is 1. The lowest BCUT2D eigenvalue weighted by atomic mass is 9.97. The van der Waals surface area contributed by atoms with Crippen LogP contribution in [0.15, 0.2) is 24.3 Å². The normalized spacial score (nSPS) is 21.9. The van der Waals surface area contributed by atoms with Gasteiger partial charge < -0.3 is 10.4 Å². The second-order valence-corrected chi connectivity index (χ2v) is 5.85. The summed E-state index contributed by atoms with van der Waals surface area (Å²) in [5, 5.41) is 12.9. The van der Waals surface area contributed by atoms with Crippen LogP contribution < -0.4 is 5.32 Å². The summed E-state index contributed by atoms with van der Waals surface area (Å²) in [4.78, 5) is 2.46. The van der Waals surface area contributed by atoms with Crippen molar-refractivity contribution in [1.29, 1.82) is 0 Å². The molecule has 0 spiro atoms. The van der Waals surface area contributed by atoms with Crippen molar-refractivity contribution >= 4 is 0 Å². The predicted molar refractivity (Wildman–Crippen MR) is 83.9 cm³/mol. The Labute approximate surface area is 123 Å². The minimum absolute atomic E-state index is 0.300. The van der Waals surface area contributed by atoms with E-state index in [9.17, 15) is 5.11 Å². The Bertz CT molecular complexity index is 408. The van der Waals surface area contributed by atoms with Gasteiger partial charge in [0, 0.05) is 18.6 Å². The molecule has 0 aliphatic carbocycles. The van der Waals surface area contributed by atoms with Gasteiger partial charge in [-0.1, -0.05) is 30.7 Å². The number of rotatable bonds is 6. The van der Waals surface area contributed by atoms with Crippen LogP contribution in [0.3, 0.4) is 0 Å². The van der Waals surface area contributed by atoms with E-state index in [2.05, 4.69) is 41.4 Å². The second kappa shape index (κ2) is 7.77. The molecule has 2 rings (SSSR count). The van der Waals surface area contributed by atoms with E-state index in [4.69, 9.17) is 0 Å². The maximum absolute atomic E-state index is 9.49. The number of benzene rings is 1. The molecule has 2 N–H and O–H groups in total. The molecule has 3 heteroatoms. The van der Waals surface area contributed by atoms with Crippen LogP contribution in [0.5, 0.6) is 0 Å². The third kappa shape index (κ3) is 3.81. The minimum atomic E-state index is 0.300. The Morgan fingerprint density at radius 3 is 2.85 bits per heavy atom. The first kappa shape index (κ1) is 15.5. The van der Waals surface area contributed by atoms with E-state index in [0.717, 1.165) is 25.9 Å². The lowest BCUT2D eigenvalue weighted by molar-refractivity contribution is 0.0867. The first-order chi connectivity index (χ1) is 9.76. The first-order valence-corrected chi connectivity index (χ1v) is 7.84. The summed E-state index contributed by atoms with van der Waals surface area (Å²) in [5.74, 6) is 0. The highest BCUT2D eigenvalue weighted by Gasteiger charge is 2.22. The highest BCUT2D eigenvalue weighted by molar-refractivity contribution is 5.28. The third-order valence-electron chi connectivity index (χ3n) is 4.58. The van der Waals surface area contributed by atoms with E-state index < -0.39 is 0 Å². The van der Waals surface area contributed by atoms with Crippen molar-refractivity contribution in [2.24, 2.45) is 0 Å². The summed E-state index contributed by atoms with van der Waals surface area (Å²) in [5.41, 5.74) is 2.75. The molecule has 20 heavy (non-hydrogen) atoms. The standard InChI is InChI=1S/C17H28N2O/c1-14-7-3-4-9-16(14)17(18-2)10-12-19-11-6-5-8-15(19)13-20/h3-4,7,9,15,17-18,20H,5-6,8,10-13H2,1-2H3.